The van der Waals surface area contributed by atoms with Crippen molar-refractivity contribution < 1.29 is 19.1 Å². The van der Waals surface area contributed by atoms with Crippen LogP contribution in [-0.4, -0.2) is 33.8 Å². The van der Waals surface area contributed by atoms with E-state index in [-0.39, 0.29) is 0 Å². The Bertz CT molecular complexity index is 876. The van der Waals surface area contributed by atoms with E-state index in [2.05, 4.69) is 6.92 Å². The van der Waals surface area contributed by atoms with Gasteiger partial charge in [-0.15, -0.1) is 0 Å². The van der Waals surface area contributed by atoms with E-state index in [0.29, 0.717) is 36.5 Å². The van der Waals surface area contributed by atoms with Crippen molar-refractivity contribution >= 4 is 17.6 Å². The molecule has 0 bridgehead atoms. The Labute approximate surface area is 178 Å². The molecule has 162 valence electrons. The van der Waals surface area contributed by atoms with Crippen LogP contribution in [0.15, 0.2) is 42.6 Å². The number of nitrogens with zero attached hydrogens (tertiary/aromatic N) is 2. The Morgan fingerprint density at radius 2 is 1.83 bits per heavy atom. The van der Waals surface area contributed by atoms with Gasteiger partial charge in [0.1, 0.15) is 11.4 Å². The molecule has 30 heavy (non-hydrogen) atoms. The number of ether oxygens (including phenoxy) is 2. The molecule has 0 aliphatic carbocycles. The van der Waals surface area contributed by atoms with Crippen LogP contribution in [0.5, 0.6) is 0 Å². The van der Waals surface area contributed by atoms with Gasteiger partial charge in [0.25, 0.3) is 0 Å². The minimum Gasteiger partial charge on any atom is -0.463 e. The summed E-state index contributed by atoms with van der Waals surface area (Å²) in [7, 11) is 0. The predicted octanol–water partition coefficient (Wildman–Crippen LogP) is 5.20. The molecular formula is C24H32N2O4. The topological polar surface area (TPSA) is 70.4 Å². The van der Waals surface area contributed by atoms with E-state index in [9.17, 15) is 9.59 Å². The van der Waals surface area contributed by atoms with Gasteiger partial charge in [0.15, 0.2) is 0 Å². The summed E-state index contributed by atoms with van der Waals surface area (Å²) in [6, 6.07) is 9.81. The van der Waals surface area contributed by atoms with Crippen LogP contribution in [0.4, 0.5) is 4.79 Å². The molecule has 0 saturated carbocycles. The van der Waals surface area contributed by atoms with Gasteiger partial charge < -0.3 is 9.47 Å². The summed E-state index contributed by atoms with van der Waals surface area (Å²) in [6.45, 7) is 9.63. The molecule has 0 atom stereocenters. The van der Waals surface area contributed by atoms with Crippen molar-refractivity contribution in [2.75, 3.05) is 6.61 Å². The first kappa shape index (κ1) is 23.4. The Morgan fingerprint density at radius 1 is 1.13 bits per heavy atom. The molecule has 0 aliphatic heterocycles. The number of aromatic nitrogens is 2. The third kappa shape index (κ3) is 7.17. The Balaban J connectivity index is 2.45. The predicted molar refractivity (Wildman–Crippen MR) is 117 cm³/mol. The summed E-state index contributed by atoms with van der Waals surface area (Å²) >= 11 is 0. The number of imidazole rings is 1. The summed E-state index contributed by atoms with van der Waals surface area (Å²) in [6.07, 6.45) is 5.67. The maximum absolute atomic E-state index is 12.8. The lowest BCUT2D eigenvalue weighted by molar-refractivity contribution is -0.137. The standard InChI is InChI=1S/C24H32N2O4/c1-6-8-14-21-25-20(17-26(21)23(28)30-24(3,4)5)19(16-22(27)29-7-2)15-18-12-10-9-11-13-18/h9-13,16-17H,6-8,14-15H2,1-5H3/b19-16+. The number of esters is 1. The average Bonchev–Trinajstić information content (AvgIpc) is 3.10. The molecule has 0 N–H and O–H groups in total. The molecule has 0 unspecified atom stereocenters. The first-order valence-electron chi connectivity index (χ1n) is 10.5. The number of carbonyl (C=O) groups is 2. The highest BCUT2D eigenvalue weighted by atomic mass is 16.6. The summed E-state index contributed by atoms with van der Waals surface area (Å²) in [5.74, 6) is 0.203. The molecular weight excluding hydrogens is 380 g/mol. The molecule has 1 aromatic carbocycles. The molecule has 0 radical (unpaired) electrons. The van der Waals surface area contributed by atoms with Crippen LogP contribution in [0.2, 0.25) is 0 Å². The number of allylic oxidation sites excluding steroid dienone is 1. The number of aryl methyl sites for hydroxylation is 1. The summed E-state index contributed by atoms with van der Waals surface area (Å²) in [5.41, 5.74) is 1.69. The van der Waals surface area contributed by atoms with E-state index in [1.54, 1.807) is 13.1 Å². The van der Waals surface area contributed by atoms with Crippen molar-refractivity contribution in [1.82, 2.24) is 9.55 Å². The number of carbonyl (C=O) groups excluding carboxylic acids is 2. The minimum atomic E-state index is -0.614. The van der Waals surface area contributed by atoms with Gasteiger partial charge >= 0.3 is 12.1 Å². The Morgan fingerprint density at radius 3 is 2.43 bits per heavy atom. The van der Waals surface area contributed by atoms with Crippen molar-refractivity contribution in [2.45, 2.75) is 65.9 Å². The lowest BCUT2D eigenvalue weighted by atomic mass is 10.0. The zero-order valence-electron chi connectivity index (χ0n) is 18.6. The molecule has 0 spiro atoms. The van der Waals surface area contributed by atoms with Gasteiger partial charge in [-0.25, -0.2) is 19.1 Å². The molecule has 0 aliphatic rings. The number of benzene rings is 1. The van der Waals surface area contributed by atoms with Crippen LogP contribution in [0, 0.1) is 0 Å². The zero-order valence-corrected chi connectivity index (χ0v) is 18.6. The lowest BCUT2D eigenvalue weighted by Gasteiger charge is -2.20. The number of hydrogen-bond donors (Lipinski definition) is 0. The monoisotopic (exact) mass is 412 g/mol. The molecule has 0 saturated heterocycles. The highest BCUT2D eigenvalue weighted by molar-refractivity contribution is 5.91. The van der Waals surface area contributed by atoms with Gasteiger partial charge in [-0.2, -0.15) is 0 Å². The first-order valence-corrected chi connectivity index (χ1v) is 10.5. The van der Waals surface area contributed by atoms with Crippen LogP contribution in [0.25, 0.3) is 5.57 Å². The van der Waals surface area contributed by atoms with Crippen molar-refractivity contribution in [3.8, 4) is 0 Å². The molecule has 0 amide bonds. The maximum Gasteiger partial charge on any atom is 0.420 e. The fraction of sp³-hybridized carbons (Fsp3) is 0.458. The van der Waals surface area contributed by atoms with Crippen molar-refractivity contribution in [1.29, 1.82) is 0 Å². The van der Waals surface area contributed by atoms with E-state index >= 15 is 0 Å². The maximum atomic E-state index is 12.8. The Hall–Kier alpha value is -2.89. The highest BCUT2D eigenvalue weighted by Crippen LogP contribution is 2.22. The van der Waals surface area contributed by atoms with Gasteiger partial charge in [-0.05, 0) is 51.7 Å². The largest absolute Gasteiger partial charge is 0.463 e. The van der Waals surface area contributed by atoms with Gasteiger partial charge in [0, 0.05) is 18.7 Å². The molecule has 2 rings (SSSR count). The van der Waals surface area contributed by atoms with Crippen LogP contribution >= 0.6 is 0 Å². The highest BCUT2D eigenvalue weighted by Gasteiger charge is 2.22. The van der Waals surface area contributed by atoms with Crippen LogP contribution in [-0.2, 0) is 27.1 Å². The average molecular weight is 413 g/mol. The fourth-order valence-electron chi connectivity index (χ4n) is 2.91. The van der Waals surface area contributed by atoms with Gasteiger partial charge in [-0.3, -0.25) is 0 Å². The van der Waals surface area contributed by atoms with Crippen LogP contribution < -0.4 is 0 Å². The normalized spacial score (nSPS) is 12.0. The second-order valence-corrected chi connectivity index (χ2v) is 8.08. The second kappa shape index (κ2) is 10.8. The van der Waals surface area contributed by atoms with Gasteiger partial charge in [-0.1, -0.05) is 43.7 Å². The minimum absolute atomic E-state index is 0.294. The number of unbranched alkanes of at least 4 members (excludes halogenated alkanes) is 1. The second-order valence-electron chi connectivity index (χ2n) is 8.08. The molecule has 6 nitrogen and oxygen atoms in total. The van der Waals surface area contributed by atoms with E-state index < -0.39 is 17.7 Å². The number of hydrogen-bond acceptors (Lipinski definition) is 5. The molecule has 0 fully saturated rings. The Kier molecular flexibility index (Phi) is 8.39. The molecule has 2 aromatic rings. The molecule has 1 heterocycles. The van der Waals surface area contributed by atoms with Gasteiger partial charge in [0.2, 0.25) is 0 Å². The SMILES string of the molecule is CCCCc1nc(/C(=C/C(=O)OCC)Cc2ccccc2)cn1C(=O)OC(C)(C)C. The fourth-order valence-corrected chi connectivity index (χ4v) is 2.91. The van der Waals surface area contributed by atoms with E-state index in [0.717, 1.165) is 18.4 Å². The third-order valence-electron chi connectivity index (χ3n) is 4.27. The van der Waals surface area contributed by atoms with Crippen molar-refractivity contribution in [3.05, 3.63) is 59.7 Å². The zero-order chi connectivity index (χ0) is 22.1. The smallest absolute Gasteiger partial charge is 0.420 e. The summed E-state index contributed by atoms with van der Waals surface area (Å²) < 4.78 is 12.1. The molecule has 6 heteroatoms. The molecule has 1 aromatic heterocycles. The third-order valence-corrected chi connectivity index (χ3v) is 4.27. The van der Waals surface area contributed by atoms with E-state index in [4.69, 9.17) is 14.5 Å². The van der Waals surface area contributed by atoms with Crippen LogP contribution in [0.3, 0.4) is 0 Å². The van der Waals surface area contributed by atoms with Crippen molar-refractivity contribution in [3.63, 3.8) is 0 Å². The first-order chi connectivity index (χ1) is 14.2. The lowest BCUT2D eigenvalue weighted by Crippen LogP contribution is -2.27. The quantitative estimate of drug-likeness (QED) is 0.440. The number of rotatable bonds is 8. The summed E-state index contributed by atoms with van der Waals surface area (Å²) in [4.78, 5) is 29.6. The van der Waals surface area contributed by atoms with Crippen LogP contribution in [0.1, 0.15) is 64.5 Å². The van der Waals surface area contributed by atoms with Crippen molar-refractivity contribution in [2.24, 2.45) is 0 Å². The van der Waals surface area contributed by atoms with Gasteiger partial charge in [0.05, 0.1) is 12.3 Å². The van der Waals surface area contributed by atoms with E-state index in [1.807, 2.05) is 51.1 Å². The summed E-state index contributed by atoms with van der Waals surface area (Å²) in [5, 5.41) is 0. The van der Waals surface area contributed by atoms with E-state index in [1.165, 1.54) is 10.6 Å².